The van der Waals surface area contributed by atoms with Gasteiger partial charge in [-0.2, -0.15) is 0 Å². The molecule has 1 aliphatic carbocycles. The average molecular weight is 657 g/mol. The van der Waals surface area contributed by atoms with Crippen molar-refractivity contribution >= 4 is 10.8 Å². The fourth-order valence-electron chi connectivity index (χ4n) is 5.25. The molecule has 1 radical (unpaired) electrons. The number of pyridine rings is 1. The summed E-state index contributed by atoms with van der Waals surface area (Å²) in [5.74, 6) is 2.05. The number of benzene rings is 3. The zero-order valence-corrected chi connectivity index (χ0v) is 24.1. The number of hydrogen-bond acceptors (Lipinski definition) is 3. The molecular formula is C32H34IrNO2-. The first kappa shape index (κ1) is 26.5. The Balaban J connectivity index is 0.00000304. The van der Waals surface area contributed by atoms with Crippen LogP contribution in [0.4, 0.5) is 0 Å². The van der Waals surface area contributed by atoms with Crippen molar-refractivity contribution in [3.63, 3.8) is 0 Å². The van der Waals surface area contributed by atoms with Crippen molar-refractivity contribution in [1.29, 1.82) is 0 Å². The smallest absolute Gasteiger partial charge is 0.122 e. The molecule has 1 aromatic heterocycles. The largest absolute Gasteiger partial charge is 0.493 e. The molecule has 0 spiro atoms. The Morgan fingerprint density at radius 3 is 2.50 bits per heavy atom. The molecule has 0 saturated heterocycles. The third-order valence-electron chi connectivity index (χ3n) is 6.99. The maximum Gasteiger partial charge on any atom is 0.122 e. The summed E-state index contributed by atoms with van der Waals surface area (Å²) in [6.45, 7) is 9.60. The number of aryl methyl sites for hydroxylation is 1. The molecule has 3 nitrogen and oxygen atoms in total. The summed E-state index contributed by atoms with van der Waals surface area (Å²) >= 11 is 0. The van der Waals surface area contributed by atoms with Crippen LogP contribution in [0.3, 0.4) is 0 Å². The van der Waals surface area contributed by atoms with Crippen LogP contribution in [-0.2, 0) is 36.9 Å². The second kappa shape index (κ2) is 10.8. The van der Waals surface area contributed by atoms with Gasteiger partial charge in [0, 0.05) is 33.4 Å². The van der Waals surface area contributed by atoms with Gasteiger partial charge in [-0.3, -0.25) is 0 Å². The number of methoxy groups -OCH3 is 1. The second-order valence-corrected chi connectivity index (χ2v) is 10.4. The van der Waals surface area contributed by atoms with Gasteiger partial charge in [0.15, 0.2) is 0 Å². The van der Waals surface area contributed by atoms with Gasteiger partial charge in [-0.15, -0.1) is 29.8 Å². The first-order valence-electron chi connectivity index (χ1n) is 12.7. The van der Waals surface area contributed by atoms with Gasteiger partial charge in [-0.1, -0.05) is 63.6 Å². The monoisotopic (exact) mass is 657 g/mol. The summed E-state index contributed by atoms with van der Waals surface area (Å²) in [6.07, 6.45) is 4.01. The summed E-state index contributed by atoms with van der Waals surface area (Å²) in [4.78, 5) is 4.78. The van der Waals surface area contributed by atoms with Crippen LogP contribution in [0.25, 0.3) is 22.0 Å². The maximum absolute atomic E-state index is 6.55. The predicted molar refractivity (Wildman–Crippen MR) is 143 cm³/mol. The van der Waals surface area contributed by atoms with Crippen molar-refractivity contribution in [3.05, 3.63) is 95.2 Å². The van der Waals surface area contributed by atoms with Gasteiger partial charge in [0.25, 0.3) is 0 Å². The molecule has 5 rings (SSSR count). The topological polar surface area (TPSA) is 31.4 Å². The molecule has 0 aliphatic heterocycles. The molecule has 36 heavy (non-hydrogen) atoms. The van der Waals surface area contributed by atoms with Crippen molar-refractivity contribution in [2.24, 2.45) is 11.8 Å². The fraction of sp³-hybridized carbons (Fsp3) is 0.344. The van der Waals surface area contributed by atoms with E-state index in [-0.39, 0.29) is 20.1 Å². The predicted octanol–water partition coefficient (Wildman–Crippen LogP) is 7.57. The van der Waals surface area contributed by atoms with E-state index in [1.807, 2.05) is 18.3 Å². The van der Waals surface area contributed by atoms with Crippen LogP contribution in [-0.4, -0.2) is 18.7 Å². The molecule has 1 aliphatic rings. The number of hydrogen-bond donors (Lipinski definition) is 0. The summed E-state index contributed by atoms with van der Waals surface area (Å²) in [6, 6.07) is 24.8. The SMILES string of the molecule is COC1(c2ccc(CCC(C)C)c(OCC(C)C)c2)c2ccc[c-]c2-c2nccc3cccc1c23.[Ir]. The Labute approximate surface area is 228 Å². The standard InChI is InChI=1S/C32H34NO2.Ir/c1-21(2)13-14-23-15-16-25(19-29(23)35-20-22(3)4)32(34-5)27-11-7-6-10-26(27)31-30-24(17-18-33-31)9-8-12-28(30)32;/h6-9,11-12,15-19,21-22H,13-14,20H2,1-5H3;/q-1;. The Hall–Kier alpha value is -2.52. The van der Waals surface area contributed by atoms with E-state index in [2.05, 4.69) is 82.3 Å². The van der Waals surface area contributed by atoms with E-state index in [0.717, 1.165) is 57.3 Å². The van der Waals surface area contributed by atoms with Crippen LogP contribution < -0.4 is 4.74 Å². The average Bonchev–Trinajstić information content (AvgIpc) is 2.87. The first-order chi connectivity index (χ1) is 17.0. The van der Waals surface area contributed by atoms with Gasteiger partial charge in [0.05, 0.1) is 6.61 Å². The van der Waals surface area contributed by atoms with E-state index < -0.39 is 5.60 Å². The minimum atomic E-state index is -0.783. The molecule has 1 atom stereocenters. The van der Waals surface area contributed by atoms with Gasteiger partial charge < -0.3 is 14.5 Å². The van der Waals surface area contributed by atoms with Gasteiger partial charge in [0.1, 0.15) is 11.4 Å². The third-order valence-corrected chi connectivity index (χ3v) is 6.99. The van der Waals surface area contributed by atoms with E-state index in [9.17, 15) is 0 Å². The quantitative estimate of drug-likeness (QED) is 0.183. The normalized spacial score (nSPS) is 16.2. The fourth-order valence-corrected chi connectivity index (χ4v) is 5.25. The summed E-state index contributed by atoms with van der Waals surface area (Å²) in [7, 11) is 1.80. The molecule has 4 aromatic rings. The van der Waals surface area contributed by atoms with Crippen molar-refractivity contribution in [3.8, 4) is 17.0 Å². The van der Waals surface area contributed by atoms with Gasteiger partial charge in [0.2, 0.25) is 0 Å². The number of fused-ring (bicyclic) bond motifs is 2. The van der Waals surface area contributed by atoms with Crippen LogP contribution in [0, 0.1) is 17.9 Å². The van der Waals surface area contributed by atoms with Gasteiger partial charge in [-0.05, 0) is 70.0 Å². The van der Waals surface area contributed by atoms with E-state index in [4.69, 9.17) is 14.5 Å². The number of aromatic nitrogens is 1. The van der Waals surface area contributed by atoms with E-state index in [0.29, 0.717) is 18.4 Å². The minimum Gasteiger partial charge on any atom is -0.493 e. The van der Waals surface area contributed by atoms with Crippen LogP contribution >= 0.6 is 0 Å². The minimum absolute atomic E-state index is 0. The van der Waals surface area contributed by atoms with E-state index in [1.54, 1.807) is 7.11 Å². The summed E-state index contributed by atoms with van der Waals surface area (Å²) in [5.41, 5.74) is 5.66. The van der Waals surface area contributed by atoms with Crippen molar-refractivity contribution in [2.45, 2.75) is 46.1 Å². The summed E-state index contributed by atoms with van der Waals surface area (Å²) < 4.78 is 13.0. The van der Waals surface area contributed by atoms with Crippen LogP contribution in [0.2, 0.25) is 0 Å². The van der Waals surface area contributed by atoms with E-state index >= 15 is 0 Å². The second-order valence-electron chi connectivity index (χ2n) is 10.4. The van der Waals surface area contributed by atoms with E-state index in [1.165, 1.54) is 5.56 Å². The zero-order chi connectivity index (χ0) is 24.6. The Morgan fingerprint density at radius 1 is 0.944 bits per heavy atom. The summed E-state index contributed by atoms with van der Waals surface area (Å²) in [5, 5.41) is 2.28. The Bertz CT molecular complexity index is 1360. The van der Waals surface area contributed by atoms with Crippen LogP contribution in [0.5, 0.6) is 5.75 Å². The van der Waals surface area contributed by atoms with Gasteiger partial charge in [-0.25, -0.2) is 0 Å². The van der Waals surface area contributed by atoms with Gasteiger partial charge >= 0.3 is 0 Å². The maximum atomic E-state index is 6.55. The van der Waals surface area contributed by atoms with Crippen molar-refractivity contribution in [1.82, 2.24) is 4.98 Å². The molecule has 1 heterocycles. The Morgan fingerprint density at radius 2 is 1.75 bits per heavy atom. The zero-order valence-electron chi connectivity index (χ0n) is 21.7. The molecule has 0 bridgehead atoms. The number of nitrogens with zero attached hydrogens (tertiary/aromatic N) is 1. The molecule has 4 heteroatoms. The van der Waals surface area contributed by atoms with Crippen LogP contribution in [0.1, 0.15) is 56.4 Å². The van der Waals surface area contributed by atoms with Crippen molar-refractivity contribution < 1.29 is 29.6 Å². The molecule has 1 unspecified atom stereocenters. The molecular weight excluding hydrogens is 623 g/mol. The molecule has 189 valence electrons. The molecule has 0 fully saturated rings. The molecule has 0 N–H and O–H groups in total. The number of ether oxygens (including phenoxy) is 2. The van der Waals surface area contributed by atoms with Crippen LogP contribution in [0.15, 0.2) is 66.9 Å². The third kappa shape index (κ3) is 4.52. The number of rotatable bonds is 8. The van der Waals surface area contributed by atoms with Crippen molar-refractivity contribution in [2.75, 3.05) is 13.7 Å². The molecule has 0 saturated carbocycles. The first-order valence-corrected chi connectivity index (χ1v) is 12.7. The molecule has 3 aromatic carbocycles. The molecule has 0 amide bonds. The Kier molecular flexibility index (Phi) is 7.99.